The summed E-state index contributed by atoms with van der Waals surface area (Å²) in [6.07, 6.45) is 1.96. The minimum absolute atomic E-state index is 0. The van der Waals surface area contributed by atoms with Gasteiger partial charge in [-0.25, -0.2) is 0 Å². The minimum atomic E-state index is -2.34. The number of hydrogen-bond donors (Lipinski definition) is 2. The quantitative estimate of drug-likeness (QED) is 0.259. The van der Waals surface area contributed by atoms with E-state index in [9.17, 15) is 24.6 Å². The summed E-state index contributed by atoms with van der Waals surface area (Å²) < 4.78 is 15.8. The molecule has 3 N–H and O–H groups in total. The first-order chi connectivity index (χ1) is 12.0. The van der Waals surface area contributed by atoms with Crippen molar-refractivity contribution in [1.82, 2.24) is 4.90 Å². The van der Waals surface area contributed by atoms with Crippen LogP contribution in [0.5, 0.6) is 0 Å². The molecule has 0 amide bonds. The Kier molecular flexibility index (Phi) is 26.5. The zero-order valence-electron chi connectivity index (χ0n) is 17.6. The van der Waals surface area contributed by atoms with Gasteiger partial charge in [0.2, 0.25) is 0 Å². The first kappa shape index (κ1) is 35.8. The molecule has 0 saturated carbocycles. The van der Waals surface area contributed by atoms with Crippen LogP contribution < -0.4 is 75.1 Å². The van der Waals surface area contributed by atoms with Gasteiger partial charge in [0.05, 0.1) is 18.5 Å². The normalized spacial score (nSPS) is 11.4. The number of aliphatic carboxylic acids is 3. The van der Waals surface area contributed by atoms with E-state index in [1.807, 2.05) is 6.92 Å². The van der Waals surface area contributed by atoms with Crippen molar-refractivity contribution in [3.05, 3.63) is 0 Å². The first-order valence-electron chi connectivity index (χ1n) is 7.76. The standard InChI is InChI=1S/C8H21NO3Si.C6H9NO6.2Na/c1-8(9)6-5-7-13(10-2,11-3)12-4;8-4(9)1-7(2-5(10)11)3-6(12)13;;/h8H,5-7,9H2,1-4H3;1-3H2,(H,8,9)(H,10,11)(H,12,13);;/q;;2*+1/p-2. The summed E-state index contributed by atoms with van der Waals surface area (Å²) in [5.41, 5.74) is 5.64. The van der Waals surface area contributed by atoms with Gasteiger partial charge in [-0.05, 0) is 19.8 Å². The number of rotatable bonds is 13. The van der Waals surface area contributed by atoms with Crippen LogP contribution in [0.25, 0.3) is 0 Å². The molecule has 0 radical (unpaired) electrons. The molecule has 0 spiro atoms. The summed E-state index contributed by atoms with van der Waals surface area (Å²) in [6, 6.07) is 1.06. The third-order valence-electron chi connectivity index (χ3n) is 3.14. The third kappa shape index (κ3) is 21.1. The number of carbonyl (C=O) groups excluding carboxylic acids is 2. The number of hydrogen-bond acceptors (Lipinski definition) is 10. The summed E-state index contributed by atoms with van der Waals surface area (Å²) >= 11 is 0. The summed E-state index contributed by atoms with van der Waals surface area (Å²) in [4.78, 5) is 30.8. The first-order valence-corrected chi connectivity index (χ1v) is 9.70. The molecule has 0 aromatic rings. The van der Waals surface area contributed by atoms with Gasteiger partial charge in [-0.3, -0.25) is 9.69 Å². The van der Waals surface area contributed by atoms with Gasteiger partial charge in [-0.1, -0.05) is 0 Å². The number of carboxylic acids is 3. The largest absolute Gasteiger partial charge is 1.00 e. The van der Waals surface area contributed by atoms with Crippen molar-refractivity contribution >= 4 is 26.7 Å². The Morgan fingerprint density at radius 1 is 1.00 bits per heavy atom. The summed E-state index contributed by atoms with van der Waals surface area (Å²) in [5, 5.41) is 28.3. The third-order valence-corrected chi connectivity index (χ3v) is 5.97. The predicted molar refractivity (Wildman–Crippen MR) is 88.6 cm³/mol. The molecule has 154 valence electrons. The van der Waals surface area contributed by atoms with Crippen molar-refractivity contribution in [3.8, 4) is 0 Å². The second kappa shape index (κ2) is 20.7. The average Bonchev–Trinajstić information content (AvgIpc) is 2.50. The molecule has 0 saturated heterocycles. The molecule has 11 nitrogen and oxygen atoms in total. The molecule has 0 rings (SSSR count). The number of nitrogens with zero attached hydrogens (tertiary/aromatic N) is 1. The molecule has 0 heterocycles. The molecule has 28 heavy (non-hydrogen) atoms. The van der Waals surface area contributed by atoms with Gasteiger partial charge in [0.15, 0.2) is 0 Å². The van der Waals surface area contributed by atoms with Crippen molar-refractivity contribution in [1.29, 1.82) is 0 Å². The van der Waals surface area contributed by atoms with Gasteiger partial charge in [0.25, 0.3) is 0 Å². The number of nitrogens with two attached hydrogens (primary N) is 1. The van der Waals surface area contributed by atoms with E-state index in [2.05, 4.69) is 0 Å². The second-order valence-corrected chi connectivity index (χ2v) is 8.54. The Balaban J connectivity index is -0.000000192. The van der Waals surface area contributed by atoms with Crippen molar-refractivity contribution < 1.29 is 102 Å². The van der Waals surface area contributed by atoms with Crippen molar-refractivity contribution in [3.63, 3.8) is 0 Å². The van der Waals surface area contributed by atoms with Crippen molar-refractivity contribution in [2.45, 2.75) is 31.9 Å². The van der Waals surface area contributed by atoms with Gasteiger partial charge < -0.3 is 43.9 Å². The van der Waals surface area contributed by atoms with Crippen molar-refractivity contribution in [2.75, 3.05) is 41.0 Å². The Morgan fingerprint density at radius 3 is 1.64 bits per heavy atom. The van der Waals surface area contributed by atoms with Crippen molar-refractivity contribution in [2.24, 2.45) is 5.73 Å². The monoisotopic (exact) mass is 442 g/mol. The van der Waals surface area contributed by atoms with Crippen LogP contribution in [0.3, 0.4) is 0 Å². The Labute approximate surface area is 210 Å². The summed E-state index contributed by atoms with van der Waals surface area (Å²) in [7, 11) is 2.55. The predicted octanol–water partition coefficient (Wildman–Crippen LogP) is -9.13. The SMILES string of the molecule is CO[Si](CCCC(C)N)(OC)OC.O=C([O-])CN(CC(=O)[O-])CC(=O)O.[Na+].[Na+]. The van der Waals surface area contributed by atoms with Gasteiger partial charge >= 0.3 is 73.9 Å². The van der Waals surface area contributed by atoms with E-state index in [0.717, 1.165) is 18.9 Å². The fourth-order valence-corrected chi connectivity index (χ4v) is 3.67. The van der Waals surface area contributed by atoms with E-state index >= 15 is 0 Å². The van der Waals surface area contributed by atoms with Crippen LogP contribution >= 0.6 is 0 Å². The maximum Gasteiger partial charge on any atom is 1.00 e. The molecule has 0 aliphatic carbocycles. The van der Waals surface area contributed by atoms with Crippen LogP contribution in [0.15, 0.2) is 0 Å². The van der Waals surface area contributed by atoms with E-state index in [-0.39, 0.29) is 65.2 Å². The number of carbonyl (C=O) groups is 3. The van der Waals surface area contributed by atoms with Gasteiger partial charge in [0, 0.05) is 46.5 Å². The van der Waals surface area contributed by atoms with Crippen LogP contribution in [0.2, 0.25) is 6.04 Å². The smallest absolute Gasteiger partial charge is 0.549 e. The number of carboxylic acid groups (broad SMARTS) is 3. The zero-order chi connectivity index (χ0) is 20.8. The summed E-state index contributed by atoms with van der Waals surface area (Å²) in [6.45, 7) is -0.182. The molecule has 0 aliphatic heterocycles. The van der Waals surface area contributed by atoms with Crippen LogP contribution in [-0.4, -0.2) is 83.7 Å². The van der Waals surface area contributed by atoms with E-state index < -0.39 is 46.3 Å². The molecule has 0 aromatic carbocycles. The average molecular weight is 442 g/mol. The fraction of sp³-hybridized carbons (Fsp3) is 0.786. The fourth-order valence-electron chi connectivity index (χ4n) is 1.92. The van der Waals surface area contributed by atoms with E-state index in [0.29, 0.717) is 4.90 Å². The summed E-state index contributed by atoms with van der Waals surface area (Å²) in [5.74, 6) is -4.40. The Hall–Kier alpha value is 0.427. The maximum atomic E-state index is 10.1. The topological polar surface area (TPSA) is 175 Å². The van der Waals surface area contributed by atoms with Crippen LogP contribution in [0.1, 0.15) is 19.8 Å². The zero-order valence-corrected chi connectivity index (χ0v) is 22.6. The minimum Gasteiger partial charge on any atom is -0.549 e. The molecule has 0 bridgehead atoms. The Bertz CT molecular complexity index is 395. The van der Waals surface area contributed by atoms with Crippen LogP contribution in [0, 0.1) is 0 Å². The molecule has 0 aliphatic rings. The maximum absolute atomic E-state index is 10.1. The molecule has 0 fully saturated rings. The second-order valence-electron chi connectivity index (χ2n) is 5.45. The van der Waals surface area contributed by atoms with Gasteiger partial charge in [0.1, 0.15) is 0 Å². The molecular formula is C14H28N2Na2O9Si. The van der Waals surface area contributed by atoms with E-state index in [1.165, 1.54) is 0 Å². The molecule has 14 heteroatoms. The van der Waals surface area contributed by atoms with E-state index in [4.69, 9.17) is 24.1 Å². The molecule has 1 unspecified atom stereocenters. The van der Waals surface area contributed by atoms with Crippen LogP contribution in [-0.2, 0) is 27.7 Å². The molecule has 1 atom stereocenters. The van der Waals surface area contributed by atoms with Gasteiger partial charge in [-0.15, -0.1) is 0 Å². The Morgan fingerprint density at radius 2 is 1.39 bits per heavy atom. The van der Waals surface area contributed by atoms with Crippen LogP contribution in [0.4, 0.5) is 0 Å². The van der Waals surface area contributed by atoms with Gasteiger partial charge in [-0.2, -0.15) is 0 Å². The molecule has 0 aromatic heterocycles. The van der Waals surface area contributed by atoms with E-state index in [1.54, 1.807) is 21.3 Å². The molecular weight excluding hydrogens is 414 g/mol.